The lowest BCUT2D eigenvalue weighted by Crippen LogP contribution is -2.24. The summed E-state index contributed by atoms with van der Waals surface area (Å²) in [6.07, 6.45) is 5.05. The van der Waals surface area contributed by atoms with Crippen molar-refractivity contribution in [3.63, 3.8) is 0 Å². The van der Waals surface area contributed by atoms with Crippen LogP contribution < -0.4 is 5.32 Å². The molecule has 1 atom stereocenters. The van der Waals surface area contributed by atoms with Gasteiger partial charge in [0.05, 0.1) is 6.04 Å². The lowest BCUT2D eigenvalue weighted by atomic mass is 10.1. The Labute approximate surface area is 92.8 Å². The molecule has 1 rings (SSSR count). The van der Waals surface area contributed by atoms with Gasteiger partial charge in [-0.05, 0) is 24.6 Å². The van der Waals surface area contributed by atoms with E-state index in [1.54, 1.807) is 24.5 Å². The first kappa shape index (κ1) is 11.9. The van der Waals surface area contributed by atoms with Crippen molar-refractivity contribution in [2.24, 2.45) is 0 Å². The third-order valence-corrected chi connectivity index (χ3v) is 1.94. The highest BCUT2D eigenvalue weighted by atomic mass is 16.4. The first-order chi connectivity index (χ1) is 7.59. The molecule has 5 heteroatoms. The van der Waals surface area contributed by atoms with Gasteiger partial charge in [-0.3, -0.25) is 9.78 Å². The Bertz CT molecular complexity index is 401. The van der Waals surface area contributed by atoms with Crippen molar-refractivity contribution >= 4 is 11.9 Å². The zero-order valence-corrected chi connectivity index (χ0v) is 8.75. The van der Waals surface area contributed by atoms with E-state index >= 15 is 0 Å². The van der Waals surface area contributed by atoms with Gasteiger partial charge in [0.15, 0.2) is 0 Å². The van der Waals surface area contributed by atoms with Crippen LogP contribution >= 0.6 is 0 Å². The second-order valence-corrected chi connectivity index (χ2v) is 3.18. The maximum atomic E-state index is 11.3. The maximum Gasteiger partial charge on any atom is 0.328 e. The van der Waals surface area contributed by atoms with E-state index in [4.69, 9.17) is 5.11 Å². The molecule has 1 amide bonds. The molecule has 0 aliphatic carbocycles. The first-order valence-corrected chi connectivity index (χ1v) is 4.71. The van der Waals surface area contributed by atoms with Crippen molar-refractivity contribution in [2.45, 2.75) is 13.0 Å². The topological polar surface area (TPSA) is 79.3 Å². The number of amides is 1. The normalized spacial score (nSPS) is 12.3. The highest BCUT2D eigenvalue weighted by Crippen LogP contribution is 2.09. The van der Waals surface area contributed by atoms with Crippen LogP contribution in [-0.2, 0) is 9.59 Å². The zero-order chi connectivity index (χ0) is 12.0. The fraction of sp³-hybridized carbons (Fsp3) is 0.182. The number of nitrogens with zero attached hydrogens (tertiary/aromatic N) is 1. The highest BCUT2D eigenvalue weighted by Gasteiger charge is 2.06. The van der Waals surface area contributed by atoms with Gasteiger partial charge in [0.2, 0.25) is 5.91 Å². The Morgan fingerprint density at radius 3 is 2.56 bits per heavy atom. The number of carbonyl (C=O) groups is 2. The molecule has 0 saturated carbocycles. The SMILES string of the molecule is C[C@H](NC(=O)/C=C/C(=O)O)c1ccncc1. The molecule has 0 aliphatic heterocycles. The molecule has 0 aliphatic rings. The minimum Gasteiger partial charge on any atom is -0.478 e. The van der Waals surface area contributed by atoms with Gasteiger partial charge < -0.3 is 10.4 Å². The summed E-state index contributed by atoms with van der Waals surface area (Å²) < 4.78 is 0. The van der Waals surface area contributed by atoms with Gasteiger partial charge in [0.25, 0.3) is 0 Å². The Morgan fingerprint density at radius 2 is 2.00 bits per heavy atom. The number of aliphatic carboxylic acids is 1. The van der Waals surface area contributed by atoms with Crippen LogP contribution in [0.5, 0.6) is 0 Å². The molecular weight excluding hydrogens is 208 g/mol. The predicted octanol–water partition coefficient (Wildman–Crippen LogP) is 0.900. The van der Waals surface area contributed by atoms with Crippen molar-refractivity contribution in [3.8, 4) is 0 Å². The molecule has 1 aromatic rings. The molecule has 1 aromatic heterocycles. The average molecular weight is 220 g/mol. The Kier molecular flexibility index (Phi) is 4.20. The van der Waals surface area contributed by atoms with E-state index in [0.717, 1.165) is 17.7 Å². The molecule has 1 heterocycles. The second-order valence-electron chi connectivity index (χ2n) is 3.18. The van der Waals surface area contributed by atoms with Crippen LogP contribution in [0.15, 0.2) is 36.7 Å². The summed E-state index contributed by atoms with van der Waals surface area (Å²) in [7, 11) is 0. The van der Waals surface area contributed by atoms with Gasteiger partial charge in [-0.15, -0.1) is 0 Å². The zero-order valence-electron chi connectivity index (χ0n) is 8.75. The van der Waals surface area contributed by atoms with Crippen molar-refractivity contribution in [1.82, 2.24) is 10.3 Å². The van der Waals surface area contributed by atoms with Crippen LogP contribution in [0.1, 0.15) is 18.5 Å². The Balaban J connectivity index is 2.55. The average Bonchev–Trinajstić information content (AvgIpc) is 2.27. The monoisotopic (exact) mass is 220 g/mol. The van der Waals surface area contributed by atoms with Gasteiger partial charge in [-0.1, -0.05) is 0 Å². The molecule has 0 radical (unpaired) electrons. The molecule has 0 spiro atoms. The van der Waals surface area contributed by atoms with Gasteiger partial charge in [0.1, 0.15) is 0 Å². The van der Waals surface area contributed by atoms with E-state index in [0.29, 0.717) is 0 Å². The quantitative estimate of drug-likeness (QED) is 0.739. The molecule has 5 nitrogen and oxygen atoms in total. The van der Waals surface area contributed by atoms with Gasteiger partial charge in [-0.25, -0.2) is 4.79 Å². The van der Waals surface area contributed by atoms with Gasteiger partial charge >= 0.3 is 5.97 Å². The summed E-state index contributed by atoms with van der Waals surface area (Å²) in [6.45, 7) is 1.81. The largest absolute Gasteiger partial charge is 0.478 e. The number of hydrogen-bond acceptors (Lipinski definition) is 3. The molecule has 0 fully saturated rings. The lowest BCUT2D eigenvalue weighted by molar-refractivity contribution is -0.131. The number of aromatic nitrogens is 1. The Hall–Kier alpha value is -2.17. The fourth-order valence-electron chi connectivity index (χ4n) is 1.14. The maximum absolute atomic E-state index is 11.3. The smallest absolute Gasteiger partial charge is 0.328 e. The number of rotatable bonds is 4. The molecular formula is C11H12N2O3. The van der Waals surface area contributed by atoms with E-state index in [9.17, 15) is 9.59 Å². The number of pyridine rings is 1. The van der Waals surface area contributed by atoms with Crippen molar-refractivity contribution in [2.75, 3.05) is 0 Å². The minimum atomic E-state index is -1.15. The van der Waals surface area contributed by atoms with Gasteiger partial charge in [-0.2, -0.15) is 0 Å². The summed E-state index contributed by atoms with van der Waals surface area (Å²) in [4.78, 5) is 25.3. The van der Waals surface area contributed by atoms with Crippen molar-refractivity contribution < 1.29 is 14.7 Å². The first-order valence-electron chi connectivity index (χ1n) is 4.71. The number of hydrogen-bond donors (Lipinski definition) is 2. The number of carboxylic acids is 1. The third kappa shape index (κ3) is 3.91. The summed E-state index contributed by atoms with van der Waals surface area (Å²) in [5, 5.41) is 11.0. The van der Waals surface area contributed by atoms with E-state index in [1.807, 2.05) is 6.92 Å². The minimum absolute atomic E-state index is 0.186. The number of carboxylic acid groups (broad SMARTS) is 1. The van der Waals surface area contributed by atoms with E-state index in [2.05, 4.69) is 10.3 Å². The highest BCUT2D eigenvalue weighted by molar-refractivity contribution is 5.94. The standard InChI is InChI=1S/C11H12N2O3/c1-8(9-4-6-12-7-5-9)13-10(14)2-3-11(15)16/h2-8H,1H3,(H,13,14)(H,15,16)/b3-2+/t8-/m0/s1. The number of nitrogens with one attached hydrogen (secondary N) is 1. The molecule has 2 N–H and O–H groups in total. The summed E-state index contributed by atoms with van der Waals surface area (Å²) in [6, 6.07) is 3.38. The van der Waals surface area contributed by atoms with Crippen LogP contribution in [0.4, 0.5) is 0 Å². The third-order valence-electron chi connectivity index (χ3n) is 1.94. The molecule has 0 unspecified atom stereocenters. The van der Waals surface area contributed by atoms with Crippen LogP contribution in [-0.4, -0.2) is 22.0 Å². The summed E-state index contributed by atoms with van der Waals surface area (Å²) in [5.41, 5.74) is 0.909. The predicted molar refractivity (Wildman–Crippen MR) is 57.6 cm³/mol. The Morgan fingerprint density at radius 1 is 1.38 bits per heavy atom. The van der Waals surface area contributed by atoms with Crippen molar-refractivity contribution in [3.05, 3.63) is 42.2 Å². The summed E-state index contributed by atoms with van der Waals surface area (Å²) in [5.74, 6) is -1.58. The summed E-state index contributed by atoms with van der Waals surface area (Å²) >= 11 is 0. The molecule has 0 bridgehead atoms. The fourth-order valence-corrected chi connectivity index (χ4v) is 1.14. The van der Waals surface area contributed by atoms with E-state index in [1.165, 1.54) is 0 Å². The van der Waals surface area contributed by atoms with Crippen molar-refractivity contribution in [1.29, 1.82) is 0 Å². The lowest BCUT2D eigenvalue weighted by Gasteiger charge is -2.11. The van der Waals surface area contributed by atoms with Crippen LogP contribution in [0.3, 0.4) is 0 Å². The van der Waals surface area contributed by atoms with E-state index < -0.39 is 11.9 Å². The molecule has 0 saturated heterocycles. The van der Waals surface area contributed by atoms with Crippen LogP contribution in [0, 0.1) is 0 Å². The van der Waals surface area contributed by atoms with Crippen LogP contribution in [0.25, 0.3) is 0 Å². The second kappa shape index (κ2) is 5.65. The van der Waals surface area contributed by atoms with E-state index in [-0.39, 0.29) is 6.04 Å². The molecule has 84 valence electrons. The van der Waals surface area contributed by atoms with Crippen LogP contribution in [0.2, 0.25) is 0 Å². The van der Waals surface area contributed by atoms with Gasteiger partial charge in [0, 0.05) is 24.5 Å². The molecule has 0 aromatic carbocycles. The molecule has 16 heavy (non-hydrogen) atoms. The number of carbonyl (C=O) groups excluding carboxylic acids is 1.